The van der Waals surface area contributed by atoms with E-state index < -0.39 is 0 Å². The molecule has 2 heterocycles. The van der Waals surface area contributed by atoms with Crippen LogP contribution in [0.3, 0.4) is 0 Å². The highest BCUT2D eigenvalue weighted by Gasteiger charge is 2.40. The molecular weight excluding hydrogens is 246 g/mol. The molecule has 0 N–H and O–H groups in total. The van der Waals surface area contributed by atoms with E-state index in [1.54, 1.807) is 11.3 Å². The molecule has 4 heteroatoms. The van der Waals surface area contributed by atoms with Crippen molar-refractivity contribution in [3.63, 3.8) is 0 Å². The molecule has 100 valence electrons. The quantitative estimate of drug-likeness (QED) is 0.840. The van der Waals surface area contributed by atoms with Crippen LogP contribution in [-0.2, 0) is 16.0 Å². The summed E-state index contributed by atoms with van der Waals surface area (Å²) in [6.07, 6.45) is 4.46. The molecule has 0 aromatic carbocycles. The van der Waals surface area contributed by atoms with Gasteiger partial charge in [-0.05, 0) is 42.3 Å². The van der Waals surface area contributed by atoms with Gasteiger partial charge < -0.3 is 9.47 Å². The van der Waals surface area contributed by atoms with Crippen LogP contribution in [-0.4, -0.2) is 37.0 Å². The number of ether oxygens (including phenoxy) is 2. The summed E-state index contributed by atoms with van der Waals surface area (Å²) in [5.41, 5.74) is 1.43. The zero-order valence-corrected chi connectivity index (χ0v) is 11.7. The summed E-state index contributed by atoms with van der Waals surface area (Å²) in [7, 11) is 2.23. The highest BCUT2D eigenvalue weighted by atomic mass is 32.1. The van der Waals surface area contributed by atoms with Crippen LogP contribution in [0.25, 0.3) is 0 Å². The molecule has 0 bridgehead atoms. The summed E-state index contributed by atoms with van der Waals surface area (Å²) in [5.74, 6) is -0.222. The maximum absolute atomic E-state index is 5.78. The molecule has 1 saturated heterocycles. The third kappa shape index (κ3) is 2.62. The van der Waals surface area contributed by atoms with Gasteiger partial charge in [-0.3, -0.25) is 4.90 Å². The van der Waals surface area contributed by atoms with Gasteiger partial charge in [-0.25, -0.2) is 0 Å². The molecule has 3 rings (SSSR count). The Kier molecular flexibility index (Phi) is 3.71. The van der Waals surface area contributed by atoms with Crippen LogP contribution in [0.4, 0.5) is 0 Å². The Morgan fingerprint density at radius 2 is 2.06 bits per heavy atom. The predicted octanol–water partition coefficient (Wildman–Crippen LogP) is 2.87. The molecule has 1 aliphatic carbocycles. The van der Waals surface area contributed by atoms with E-state index in [-0.39, 0.29) is 5.79 Å². The van der Waals surface area contributed by atoms with Gasteiger partial charge in [-0.1, -0.05) is 0 Å². The lowest BCUT2D eigenvalue weighted by atomic mass is 9.89. The zero-order chi connectivity index (χ0) is 12.4. The van der Waals surface area contributed by atoms with Gasteiger partial charge in [0, 0.05) is 25.4 Å². The molecule has 2 fully saturated rings. The number of nitrogens with zero attached hydrogens (tertiary/aromatic N) is 1. The average Bonchev–Trinajstić information content (AvgIpc) is 3.03. The van der Waals surface area contributed by atoms with Crippen LogP contribution < -0.4 is 0 Å². The van der Waals surface area contributed by atoms with Crippen LogP contribution >= 0.6 is 11.3 Å². The van der Waals surface area contributed by atoms with Crippen molar-refractivity contribution in [2.24, 2.45) is 0 Å². The second-order valence-electron chi connectivity index (χ2n) is 5.39. The fourth-order valence-corrected chi connectivity index (χ4v) is 3.73. The third-order valence-corrected chi connectivity index (χ3v) is 4.90. The summed E-state index contributed by atoms with van der Waals surface area (Å²) >= 11 is 1.78. The van der Waals surface area contributed by atoms with E-state index in [1.165, 1.54) is 18.4 Å². The van der Waals surface area contributed by atoms with Gasteiger partial charge in [0.2, 0.25) is 0 Å². The Bertz CT molecular complexity index is 363. The fraction of sp³-hybridized carbons (Fsp3) is 0.714. The van der Waals surface area contributed by atoms with Crippen molar-refractivity contribution in [3.8, 4) is 0 Å². The smallest absolute Gasteiger partial charge is 0.168 e. The maximum Gasteiger partial charge on any atom is 0.168 e. The van der Waals surface area contributed by atoms with Crippen molar-refractivity contribution >= 4 is 11.3 Å². The monoisotopic (exact) mass is 267 g/mol. The molecule has 1 aromatic heterocycles. The first-order chi connectivity index (χ1) is 8.77. The van der Waals surface area contributed by atoms with E-state index in [0.717, 1.165) is 32.6 Å². The van der Waals surface area contributed by atoms with Crippen molar-refractivity contribution in [1.82, 2.24) is 4.90 Å². The predicted molar refractivity (Wildman–Crippen MR) is 72.7 cm³/mol. The molecular formula is C14H21NO2S. The highest BCUT2D eigenvalue weighted by molar-refractivity contribution is 7.07. The molecule has 2 aliphatic rings. The molecule has 1 aromatic rings. The second-order valence-corrected chi connectivity index (χ2v) is 6.17. The minimum atomic E-state index is -0.222. The molecule has 1 saturated carbocycles. The number of hydrogen-bond acceptors (Lipinski definition) is 4. The Hall–Kier alpha value is -0.420. The Morgan fingerprint density at radius 1 is 1.33 bits per heavy atom. The minimum Gasteiger partial charge on any atom is -0.348 e. The topological polar surface area (TPSA) is 21.7 Å². The van der Waals surface area contributed by atoms with Crippen molar-refractivity contribution in [2.75, 3.05) is 20.3 Å². The van der Waals surface area contributed by atoms with Crippen molar-refractivity contribution < 1.29 is 9.47 Å². The average molecular weight is 267 g/mol. The van der Waals surface area contributed by atoms with Gasteiger partial charge in [0.1, 0.15) is 0 Å². The van der Waals surface area contributed by atoms with Gasteiger partial charge >= 0.3 is 0 Å². The highest BCUT2D eigenvalue weighted by Crippen LogP contribution is 2.37. The molecule has 0 amide bonds. The maximum atomic E-state index is 5.78. The molecule has 1 spiro atoms. The van der Waals surface area contributed by atoms with E-state index in [9.17, 15) is 0 Å². The van der Waals surface area contributed by atoms with Crippen LogP contribution in [0.15, 0.2) is 16.8 Å². The summed E-state index contributed by atoms with van der Waals surface area (Å²) in [5, 5.41) is 4.39. The summed E-state index contributed by atoms with van der Waals surface area (Å²) in [6.45, 7) is 2.60. The van der Waals surface area contributed by atoms with Gasteiger partial charge in [0.15, 0.2) is 5.79 Å². The lowest BCUT2D eigenvalue weighted by Crippen LogP contribution is -2.42. The SMILES string of the molecule is CN(Cc1ccsc1)C1CCC2(CC1)OCCO2. The molecule has 18 heavy (non-hydrogen) atoms. The molecule has 1 aliphatic heterocycles. The van der Waals surface area contributed by atoms with Gasteiger partial charge in [0.25, 0.3) is 0 Å². The largest absolute Gasteiger partial charge is 0.348 e. The lowest BCUT2D eigenvalue weighted by Gasteiger charge is -2.39. The van der Waals surface area contributed by atoms with Gasteiger partial charge in [-0.15, -0.1) is 0 Å². The molecule has 0 unspecified atom stereocenters. The summed E-state index contributed by atoms with van der Waals surface area (Å²) < 4.78 is 11.6. The van der Waals surface area contributed by atoms with Crippen molar-refractivity contribution in [2.45, 2.75) is 44.1 Å². The lowest BCUT2D eigenvalue weighted by molar-refractivity contribution is -0.183. The zero-order valence-electron chi connectivity index (χ0n) is 10.9. The number of thiophene rings is 1. The Labute approximate surface area is 113 Å². The summed E-state index contributed by atoms with van der Waals surface area (Å²) in [4.78, 5) is 2.48. The first kappa shape index (κ1) is 12.6. The van der Waals surface area contributed by atoms with Crippen LogP contribution in [0.2, 0.25) is 0 Å². The van der Waals surface area contributed by atoms with Gasteiger partial charge in [-0.2, -0.15) is 11.3 Å². The number of rotatable bonds is 3. The van der Waals surface area contributed by atoms with E-state index in [4.69, 9.17) is 9.47 Å². The normalized spacial score (nSPS) is 24.1. The van der Waals surface area contributed by atoms with E-state index in [1.807, 2.05) is 0 Å². The first-order valence-corrected chi connectivity index (χ1v) is 7.71. The Balaban J connectivity index is 1.52. The third-order valence-electron chi connectivity index (χ3n) is 4.17. The fourth-order valence-electron chi connectivity index (χ4n) is 3.07. The Morgan fingerprint density at radius 3 is 2.67 bits per heavy atom. The standard InChI is InChI=1S/C14H21NO2S/c1-15(10-12-4-9-18-11-12)13-2-5-14(6-3-13)16-7-8-17-14/h4,9,11,13H,2-3,5-8,10H2,1H3. The second kappa shape index (κ2) is 5.29. The minimum absolute atomic E-state index is 0.222. The van der Waals surface area contributed by atoms with Gasteiger partial charge in [0.05, 0.1) is 13.2 Å². The summed E-state index contributed by atoms with van der Waals surface area (Å²) in [6, 6.07) is 2.89. The van der Waals surface area contributed by atoms with E-state index >= 15 is 0 Å². The van der Waals surface area contributed by atoms with Crippen molar-refractivity contribution in [1.29, 1.82) is 0 Å². The first-order valence-electron chi connectivity index (χ1n) is 6.77. The number of hydrogen-bond donors (Lipinski definition) is 0. The molecule has 3 nitrogen and oxygen atoms in total. The van der Waals surface area contributed by atoms with Crippen LogP contribution in [0, 0.1) is 0 Å². The molecule has 0 atom stereocenters. The van der Waals surface area contributed by atoms with E-state index in [0.29, 0.717) is 6.04 Å². The van der Waals surface area contributed by atoms with E-state index in [2.05, 4.69) is 28.8 Å². The van der Waals surface area contributed by atoms with Crippen molar-refractivity contribution in [3.05, 3.63) is 22.4 Å². The molecule has 0 radical (unpaired) electrons. The van der Waals surface area contributed by atoms with Crippen LogP contribution in [0.5, 0.6) is 0 Å². The van der Waals surface area contributed by atoms with Crippen LogP contribution in [0.1, 0.15) is 31.2 Å².